The third kappa shape index (κ3) is 3.95. The Hall–Kier alpha value is -4.04. The number of nitrogens with zero attached hydrogens (tertiary/aromatic N) is 3. The average Bonchev–Trinajstić information content (AvgIpc) is 3.52. The minimum absolute atomic E-state index is 0.0679. The monoisotopic (exact) mass is 443 g/mol. The molecule has 0 saturated carbocycles. The molecule has 8 heteroatoms. The Morgan fingerprint density at radius 1 is 1.00 bits per heavy atom. The maximum atomic E-state index is 12.9. The minimum Gasteiger partial charge on any atom is -0.454 e. The van der Waals surface area contributed by atoms with E-state index in [9.17, 15) is 9.59 Å². The van der Waals surface area contributed by atoms with E-state index in [1.165, 1.54) is 22.3 Å². The second kappa shape index (κ2) is 8.60. The summed E-state index contributed by atoms with van der Waals surface area (Å²) in [6.07, 6.45) is 1.46. The number of carbonyl (C=O) groups excluding carboxylic acids is 1. The molecule has 5 rings (SSSR count). The van der Waals surface area contributed by atoms with Gasteiger partial charge in [-0.1, -0.05) is 54.6 Å². The molecule has 0 aliphatic carbocycles. The van der Waals surface area contributed by atoms with Crippen LogP contribution >= 0.6 is 11.3 Å². The van der Waals surface area contributed by atoms with Crippen molar-refractivity contribution in [1.29, 1.82) is 0 Å². The van der Waals surface area contributed by atoms with Crippen molar-refractivity contribution < 1.29 is 13.9 Å². The van der Waals surface area contributed by atoms with E-state index in [1.807, 2.05) is 47.8 Å². The van der Waals surface area contributed by atoms with Crippen LogP contribution in [0.15, 0.2) is 87.6 Å². The van der Waals surface area contributed by atoms with Gasteiger partial charge in [0.1, 0.15) is 18.6 Å². The number of rotatable bonds is 6. The van der Waals surface area contributed by atoms with Crippen molar-refractivity contribution in [1.82, 2.24) is 14.8 Å². The number of oxazole rings is 1. The number of carbonyl (C=O) groups is 1. The number of esters is 1. The van der Waals surface area contributed by atoms with Crippen LogP contribution in [0.3, 0.4) is 0 Å². The van der Waals surface area contributed by atoms with Crippen molar-refractivity contribution in [2.45, 2.75) is 13.2 Å². The van der Waals surface area contributed by atoms with Gasteiger partial charge in [-0.3, -0.25) is 4.79 Å². The highest BCUT2D eigenvalue weighted by atomic mass is 32.1. The molecule has 0 aliphatic rings. The second-order valence-electron chi connectivity index (χ2n) is 7.04. The van der Waals surface area contributed by atoms with E-state index in [0.29, 0.717) is 22.4 Å². The number of hydrogen-bond acceptors (Lipinski definition) is 7. The Balaban J connectivity index is 1.43. The van der Waals surface area contributed by atoms with Gasteiger partial charge in [-0.05, 0) is 23.1 Å². The summed E-state index contributed by atoms with van der Waals surface area (Å²) in [4.78, 5) is 31.1. The summed E-state index contributed by atoms with van der Waals surface area (Å²) in [5, 5.41) is 7.13. The summed E-state index contributed by atoms with van der Waals surface area (Å²) in [5.41, 5.74) is 1.21. The molecule has 0 amide bonds. The highest BCUT2D eigenvalue weighted by molar-refractivity contribution is 7.13. The first kappa shape index (κ1) is 19.9. The first-order valence-electron chi connectivity index (χ1n) is 9.88. The van der Waals surface area contributed by atoms with Crippen molar-refractivity contribution in [3.05, 3.63) is 106 Å². The van der Waals surface area contributed by atoms with Crippen molar-refractivity contribution >= 4 is 28.1 Å². The molecule has 0 unspecified atom stereocenters. The van der Waals surface area contributed by atoms with Crippen LogP contribution in [0, 0.1) is 0 Å². The third-order valence-electron chi connectivity index (χ3n) is 4.87. The van der Waals surface area contributed by atoms with E-state index in [0.717, 1.165) is 10.4 Å². The molecule has 5 aromatic rings. The predicted molar refractivity (Wildman–Crippen MR) is 120 cm³/mol. The summed E-state index contributed by atoms with van der Waals surface area (Å²) in [7, 11) is 0. The molecule has 0 saturated heterocycles. The second-order valence-corrected chi connectivity index (χ2v) is 7.99. The highest BCUT2D eigenvalue weighted by Gasteiger charge is 2.19. The fourth-order valence-electron chi connectivity index (χ4n) is 3.34. The standard InChI is InChI=1S/C24H17N3O4S/c28-23-19-10-5-4-9-18(19)21(26-27(23)13-16-7-2-1-3-8-16)24(29)31-15-17-14-30-22(25-17)20-11-6-12-32-20/h1-12,14H,13,15H2. The molecule has 0 aliphatic heterocycles. The summed E-state index contributed by atoms with van der Waals surface area (Å²) < 4.78 is 12.2. The average molecular weight is 443 g/mol. The van der Waals surface area contributed by atoms with E-state index < -0.39 is 5.97 Å². The highest BCUT2D eigenvalue weighted by Crippen LogP contribution is 2.24. The Morgan fingerprint density at radius 2 is 1.78 bits per heavy atom. The van der Waals surface area contributed by atoms with Crippen molar-refractivity contribution in [3.8, 4) is 10.8 Å². The summed E-state index contributed by atoms with van der Waals surface area (Å²) in [6.45, 7) is 0.180. The van der Waals surface area contributed by atoms with Crippen LogP contribution in [0.4, 0.5) is 0 Å². The Labute approximate surface area is 186 Å². The van der Waals surface area contributed by atoms with Gasteiger partial charge in [-0.25, -0.2) is 14.5 Å². The zero-order valence-corrected chi connectivity index (χ0v) is 17.6. The molecule has 7 nitrogen and oxygen atoms in total. The van der Waals surface area contributed by atoms with Crippen LogP contribution in [0.1, 0.15) is 21.7 Å². The van der Waals surface area contributed by atoms with Gasteiger partial charge in [-0.15, -0.1) is 11.3 Å². The number of ether oxygens (including phenoxy) is 1. The van der Waals surface area contributed by atoms with Gasteiger partial charge in [0.15, 0.2) is 5.69 Å². The van der Waals surface area contributed by atoms with E-state index >= 15 is 0 Å². The van der Waals surface area contributed by atoms with E-state index in [4.69, 9.17) is 9.15 Å². The Morgan fingerprint density at radius 3 is 2.56 bits per heavy atom. The molecule has 0 atom stereocenters. The molecule has 158 valence electrons. The molecule has 0 N–H and O–H groups in total. The number of benzene rings is 2. The maximum Gasteiger partial charge on any atom is 0.359 e. The van der Waals surface area contributed by atoms with E-state index in [1.54, 1.807) is 24.3 Å². The summed E-state index contributed by atoms with van der Waals surface area (Å²) in [5.74, 6) is -0.158. The Bertz CT molecular complexity index is 1440. The van der Waals surface area contributed by atoms with Crippen LogP contribution in [-0.2, 0) is 17.9 Å². The van der Waals surface area contributed by atoms with Crippen LogP contribution in [0.25, 0.3) is 21.5 Å². The molecule has 0 bridgehead atoms. The molecular weight excluding hydrogens is 426 g/mol. The van der Waals surface area contributed by atoms with Crippen LogP contribution in [0.2, 0.25) is 0 Å². The lowest BCUT2D eigenvalue weighted by molar-refractivity contribution is 0.0460. The minimum atomic E-state index is -0.635. The van der Waals surface area contributed by atoms with Gasteiger partial charge < -0.3 is 9.15 Å². The number of fused-ring (bicyclic) bond motifs is 1. The van der Waals surface area contributed by atoms with Gasteiger partial charge in [0.2, 0.25) is 5.89 Å². The fourth-order valence-corrected chi connectivity index (χ4v) is 4.00. The zero-order valence-electron chi connectivity index (χ0n) is 16.8. The normalized spacial score (nSPS) is 11.0. The molecule has 0 radical (unpaired) electrons. The van der Waals surface area contributed by atoms with Crippen molar-refractivity contribution in [2.24, 2.45) is 0 Å². The van der Waals surface area contributed by atoms with Crippen molar-refractivity contribution in [3.63, 3.8) is 0 Å². The van der Waals surface area contributed by atoms with Gasteiger partial charge in [0.05, 0.1) is 16.8 Å². The van der Waals surface area contributed by atoms with Crippen molar-refractivity contribution in [2.75, 3.05) is 0 Å². The summed E-state index contributed by atoms with van der Waals surface area (Å²) >= 11 is 1.51. The van der Waals surface area contributed by atoms with Gasteiger partial charge in [0, 0.05) is 5.39 Å². The topological polar surface area (TPSA) is 87.2 Å². The van der Waals surface area contributed by atoms with Crippen LogP contribution in [-0.4, -0.2) is 20.7 Å². The number of aromatic nitrogens is 3. The lowest BCUT2D eigenvalue weighted by Gasteiger charge is -2.10. The van der Waals surface area contributed by atoms with Gasteiger partial charge in [-0.2, -0.15) is 5.10 Å². The number of hydrogen-bond donors (Lipinski definition) is 0. The van der Waals surface area contributed by atoms with Crippen LogP contribution < -0.4 is 5.56 Å². The molecular formula is C24H17N3O4S. The maximum absolute atomic E-state index is 12.9. The first-order valence-corrected chi connectivity index (χ1v) is 10.8. The third-order valence-corrected chi connectivity index (χ3v) is 5.73. The van der Waals surface area contributed by atoms with Crippen LogP contribution in [0.5, 0.6) is 0 Å². The van der Waals surface area contributed by atoms with Gasteiger partial charge >= 0.3 is 5.97 Å². The molecule has 0 spiro atoms. The molecule has 3 heterocycles. The lowest BCUT2D eigenvalue weighted by atomic mass is 10.1. The number of thiophene rings is 1. The quantitative estimate of drug-likeness (QED) is 0.359. The van der Waals surface area contributed by atoms with Gasteiger partial charge in [0.25, 0.3) is 5.56 Å². The predicted octanol–water partition coefficient (Wildman–Crippen LogP) is 4.52. The molecule has 32 heavy (non-hydrogen) atoms. The lowest BCUT2D eigenvalue weighted by Crippen LogP contribution is -2.27. The Kier molecular flexibility index (Phi) is 5.35. The SMILES string of the molecule is O=C(OCc1coc(-c2cccs2)n1)c1nn(Cc2ccccc2)c(=O)c2ccccc12. The zero-order chi connectivity index (χ0) is 21.9. The molecule has 2 aromatic carbocycles. The molecule has 3 aromatic heterocycles. The largest absolute Gasteiger partial charge is 0.454 e. The van der Waals surface area contributed by atoms with E-state index in [2.05, 4.69) is 10.1 Å². The van der Waals surface area contributed by atoms with E-state index in [-0.39, 0.29) is 24.4 Å². The molecule has 0 fully saturated rings. The smallest absolute Gasteiger partial charge is 0.359 e. The first-order chi connectivity index (χ1) is 15.7. The summed E-state index contributed by atoms with van der Waals surface area (Å²) in [6, 6.07) is 20.2. The fraction of sp³-hybridized carbons (Fsp3) is 0.0833.